The number of hydrogen-bond acceptors (Lipinski definition) is 7. The van der Waals surface area contributed by atoms with Crippen molar-refractivity contribution in [3.8, 4) is 0 Å². The molecule has 154 valence electrons. The number of benzene rings is 1. The van der Waals surface area contributed by atoms with Crippen LogP contribution >= 0.6 is 0 Å². The molecule has 8 nitrogen and oxygen atoms in total. The maximum atomic E-state index is 12.6. The zero-order chi connectivity index (χ0) is 20.9. The van der Waals surface area contributed by atoms with E-state index in [2.05, 4.69) is 20.6 Å². The number of fused-ring (bicyclic) bond motifs is 1. The van der Waals surface area contributed by atoms with Crippen LogP contribution in [0.3, 0.4) is 0 Å². The fraction of sp³-hybridized carbons (Fsp3) is 0.273. The standard InChI is InChI=1S/C22H24N6O2/c23-12-15-11-14(1-2-19(15)24)22(29)27-13-20-17-3-8-26-21(18(17)4-7-25-20)28-16-5-9-30-10-6-16/h1-4,7-8,11-12,16,23H,5-6,9-10,13,24H2,(H,26,28)(H,27,29). The third kappa shape index (κ3) is 4.23. The van der Waals surface area contributed by atoms with E-state index in [9.17, 15) is 4.79 Å². The van der Waals surface area contributed by atoms with Gasteiger partial charge in [0.1, 0.15) is 5.82 Å². The summed E-state index contributed by atoms with van der Waals surface area (Å²) in [6, 6.07) is 9.07. The van der Waals surface area contributed by atoms with Gasteiger partial charge in [0.15, 0.2) is 0 Å². The van der Waals surface area contributed by atoms with Gasteiger partial charge in [-0.25, -0.2) is 4.98 Å². The molecule has 0 spiro atoms. The molecule has 1 amide bonds. The Bertz CT molecular complexity index is 1080. The summed E-state index contributed by atoms with van der Waals surface area (Å²) in [5, 5.41) is 15.7. The lowest BCUT2D eigenvalue weighted by Crippen LogP contribution is -2.28. The van der Waals surface area contributed by atoms with Gasteiger partial charge in [0.2, 0.25) is 0 Å². The number of nitrogens with zero attached hydrogens (tertiary/aromatic N) is 2. The number of nitrogen functional groups attached to an aromatic ring is 1. The number of anilines is 2. The first-order valence-corrected chi connectivity index (χ1v) is 9.91. The second kappa shape index (κ2) is 8.87. The average molecular weight is 404 g/mol. The van der Waals surface area contributed by atoms with Crippen molar-refractivity contribution in [3.05, 3.63) is 59.5 Å². The smallest absolute Gasteiger partial charge is 0.251 e. The van der Waals surface area contributed by atoms with Gasteiger partial charge in [-0.05, 0) is 43.2 Å². The van der Waals surface area contributed by atoms with Crippen LogP contribution in [0.1, 0.15) is 34.5 Å². The maximum Gasteiger partial charge on any atom is 0.251 e. The lowest BCUT2D eigenvalue weighted by molar-refractivity contribution is 0.0904. The second-order valence-corrected chi connectivity index (χ2v) is 7.21. The van der Waals surface area contributed by atoms with Crippen molar-refractivity contribution >= 4 is 34.4 Å². The van der Waals surface area contributed by atoms with Crippen LogP contribution in [0.15, 0.2) is 42.7 Å². The summed E-state index contributed by atoms with van der Waals surface area (Å²) < 4.78 is 5.43. The lowest BCUT2D eigenvalue weighted by atomic mass is 10.1. The van der Waals surface area contributed by atoms with E-state index >= 15 is 0 Å². The van der Waals surface area contributed by atoms with E-state index in [4.69, 9.17) is 15.9 Å². The molecule has 2 aromatic heterocycles. The number of carbonyl (C=O) groups excluding carboxylic acids is 1. The molecular formula is C22H24N6O2. The summed E-state index contributed by atoms with van der Waals surface area (Å²) in [5.74, 6) is 0.579. The number of nitrogens with one attached hydrogen (secondary N) is 3. The Morgan fingerprint density at radius 3 is 2.73 bits per heavy atom. The van der Waals surface area contributed by atoms with Crippen molar-refractivity contribution in [2.75, 3.05) is 24.3 Å². The van der Waals surface area contributed by atoms with E-state index in [-0.39, 0.29) is 12.5 Å². The van der Waals surface area contributed by atoms with Gasteiger partial charge in [0.25, 0.3) is 5.91 Å². The Kier molecular flexibility index (Phi) is 5.85. The molecule has 1 aliphatic heterocycles. The zero-order valence-corrected chi connectivity index (χ0v) is 16.5. The molecule has 0 bridgehead atoms. The van der Waals surface area contributed by atoms with E-state index in [0.29, 0.717) is 22.9 Å². The number of pyridine rings is 2. The molecule has 1 fully saturated rings. The molecule has 1 aliphatic rings. The number of nitrogens with two attached hydrogens (primary N) is 1. The topological polar surface area (TPSA) is 126 Å². The Balaban J connectivity index is 1.52. The van der Waals surface area contributed by atoms with Gasteiger partial charge in [-0.15, -0.1) is 0 Å². The summed E-state index contributed by atoms with van der Waals surface area (Å²) >= 11 is 0. The number of hydrogen-bond donors (Lipinski definition) is 4. The average Bonchev–Trinajstić information content (AvgIpc) is 2.78. The van der Waals surface area contributed by atoms with Gasteiger partial charge >= 0.3 is 0 Å². The Morgan fingerprint density at radius 1 is 1.17 bits per heavy atom. The number of ether oxygens (including phenoxy) is 1. The molecule has 0 unspecified atom stereocenters. The molecule has 0 atom stereocenters. The first kappa shape index (κ1) is 19.8. The van der Waals surface area contributed by atoms with Crippen molar-refractivity contribution in [2.45, 2.75) is 25.4 Å². The van der Waals surface area contributed by atoms with Gasteiger partial charge in [-0.1, -0.05) is 0 Å². The van der Waals surface area contributed by atoms with E-state index in [1.807, 2.05) is 12.1 Å². The highest BCUT2D eigenvalue weighted by molar-refractivity contribution is 5.98. The molecular weight excluding hydrogens is 380 g/mol. The number of rotatable bonds is 6. The molecule has 4 rings (SSSR count). The van der Waals surface area contributed by atoms with Gasteiger partial charge in [0.05, 0.1) is 12.2 Å². The number of aromatic nitrogens is 2. The van der Waals surface area contributed by atoms with Gasteiger partial charge in [-0.2, -0.15) is 0 Å². The summed E-state index contributed by atoms with van der Waals surface area (Å²) in [6.07, 6.45) is 6.53. The van der Waals surface area contributed by atoms with Gasteiger partial charge in [-0.3, -0.25) is 9.78 Å². The highest BCUT2D eigenvalue weighted by atomic mass is 16.5. The third-order valence-electron chi connectivity index (χ3n) is 5.26. The highest BCUT2D eigenvalue weighted by Gasteiger charge is 2.16. The minimum absolute atomic E-state index is 0.244. The molecule has 30 heavy (non-hydrogen) atoms. The monoisotopic (exact) mass is 404 g/mol. The van der Waals surface area contributed by atoms with Gasteiger partial charge in [0, 0.05) is 65.5 Å². The van der Waals surface area contributed by atoms with E-state index in [1.54, 1.807) is 30.6 Å². The van der Waals surface area contributed by atoms with Crippen molar-refractivity contribution in [3.63, 3.8) is 0 Å². The first-order chi connectivity index (χ1) is 14.7. The number of carbonyl (C=O) groups is 1. The summed E-state index contributed by atoms with van der Waals surface area (Å²) in [6.45, 7) is 1.79. The molecule has 8 heteroatoms. The summed E-state index contributed by atoms with van der Waals surface area (Å²) in [4.78, 5) is 21.5. The van der Waals surface area contributed by atoms with Crippen molar-refractivity contribution in [2.24, 2.45) is 0 Å². The van der Waals surface area contributed by atoms with Crippen LogP contribution in [0.25, 0.3) is 10.8 Å². The molecule has 0 radical (unpaired) electrons. The first-order valence-electron chi connectivity index (χ1n) is 9.91. The third-order valence-corrected chi connectivity index (χ3v) is 5.26. The minimum Gasteiger partial charge on any atom is -0.398 e. The van der Waals surface area contributed by atoms with Crippen LogP contribution in [-0.4, -0.2) is 41.3 Å². The fourth-order valence-electron chi connectivity index (χ4n) is 3.56. The lowest BCUT2D eigenvalue weighted by Gasteiger charge is -2.24. The molecule has 1 saturated heterocycles. The Morgan fingerprint density at radius 2 is 1.93 bits per heavy atom. The largest absolute Gasteiger partial charge is 0.398 e. The Hall–Kier alpha value is -3.52. The minimum atomic E-state index is -0.244. The van der Waals surface area contributed by atoms with Crippen molar-refractivity contribution < 1.29 is 9.53 Å². The predicted octanol–water partition coefficient (Wildman–Crippen LogP) is 2.73. The van der Waals surface area contributed by atoms with E-state index in [0.717, 1.165) is 54.6 Å². The highest BCUT2D eigenvalue weighted by Crippen LogP contribution is 2.25. The van der Waals surface area contributed by atoms with Crippen LogP contribution in [-0.2, 0) is 11.3 Å². The second-order valence-electron chi connectivity index (χ2n) is 7.21. The summed E-state index contributed by atoms with van der Waals surface area (Å²) in [5.41, 5.74) is 7.99. The fourth-order valence-corrected chi connectivity index (χ4v) is 3.56. The molecule has 1 aromatic carbocycles. The van der Waals surface area contributed by atoms with Crippen LogP contribution in [0.2, 0.25) is 0 Å². The molecule has 3 aromatic rings. The van der Waals surface area contributed by atoms with Crippen LogP contribution in [0.5, 0.6) is 0 Å². The van der Waals surface area contributed by atoms with Crippen molar-refractivity contribution in [1.82, 2.24) is 15.3 Å². The number of amides is 1. The quantitative estimate of drug-likeness (QED) is 0.370. The zero-order valence-electron chi connectivity index (χ0n) is 16.5. The normalized spacial score (nSPS) is 14.4. The van der Waals surface area contributed by atoms with Crippen molar-refractivity contribution in [1.29, 1.82) is 5.41 Å². The molecule has 5 N–H and O–H groups in total. The van der Waals surface area contributed by atoms with Crippen LogP contribution < -0.4 is 16.4 Å². The van der Waals surface area contributed by atoms with E-state index < -0.39 is 0 Å². The molecule has 3 heterocycles. The summed E-state index contributed by atoms with van der Waals surface area (Å²) in [7, 11) is 0. The maximum absolute atomic E-state index is 12.6. The van der Waals surface area contributed by atoms with Crippen LogP contribution in [0, 0.1) is 5.41 Å². The predicted molar refractivity (Wildman–Crippen MR) is 117 cm³/mol. The van der Waals surface area contributed by atoms with E-state index in [1.165, 1.54) is 0 Å². The molecule has 0 aliphatic carbocycles. The Labute approximate surface area is 174 Å². The SMILES string of the molecule is N=Cc1cc(C(=O)NCc2nccc3c(NC4CCOCC4)nccc23)ccc1N. The van der Waals surface area contributed by atoms with Gasteiger partial charge < -0.3 is 26.5 Å². The molecule has 0 saturated carbocycles. The van der Waals surface area contributed by atoms with Crippen LogP contribution in [0.4, 0.5) is 11.5 Å².